The molecule has 0 saturated heterocycles. The first-order chi connectivity index (χ1) is 11.1. The molecular weight excluding hydrogens is 338 g/mol. The minimum Gasteiger partial charge on any atom is -0.396 e. The summed E-state index contributed by atoms with van der Waals surface area (Å²) in [6.45, 7) is 2.71. The van der Waals surface area contributed by atoms with Crippen molar-refractivity contribution in [1.82, 2.24) is 14.8 Å². The molecule has 0 aromatic carbocycles. The SMILES string of the molecule is CCO[C@H]1CC[C@H](n2cc(N)c(-c3nc(F)ccc3F)n2)CC1.Cl. The fraction of sp³-hybridized carbons (Fsp3) is 0.500. The Morgan fingerprint density at radius 2 is 1.92 bits per heavy atom. The number of halogens is 3. The number of anilines is 1. The van der Waals surface area contributed by atoms with Gasteiger partial charge in [-0.15, -0.1) is 12.4 Å². The van der Waals surface area contributed by atoms with Crippen LogP contribution in [0.2, 0.25) is 0 Å². The van der Waals surface area contributed by atoms with Crippen molar-refractivity contribution in [2.75, 3.05) is 12.3 Å². The molecule has 8 heteroatoms. The van der Waals surface area contributed by atoms with Crippen LogP contribution >= 0.6 is 12.4 Å². The third kappa shape index (κ3) is 3.84. The van der Waals surface area contributed by atoms with Crippen LogP contribution < -0.4 is 5.73 Å². The van der Waals surface area contributed by atoms with Crippen molar-refractivity contribution in [3.05, 3.63) is 30.1 Å². The monoisotopic (exact) mass is 358 g/mol. The Kier molecular flexibility index (Phi) is 6.12. The fourth-order valence-electron chi connectivity index (χ4n) is 3.07. The van der Waals surface area contributed by atoms with Crippen molar-refractivity contribution in [2.24, 2.45) is 0 Å². The van der Waals surface area contributed by atoms with Crippen LogP contribution in [0.1, 0.15) is 38.6 Å². The lowest BCUT2D eigenvalue weighted by atomic mass is 9.93. The molecule has 0 radical (unpaired) electrons. The predicted molar refractivity (Wildman–Crippen MR) is 90.0 cm³/mol. The first-order valence-corrected chi connectivity index (χ1v) is 7.87. The van der Waals surface area contributed by atoms with E-state index in [4.69, 9.17) is 10.5 Å². The molecule has 1 saturated carbocycles. The topological polar surface area (TPSA) is 66.0 Å². The Balaban J connectivity index is 0.00000208. The normalized spacial score (nSPS) is 20.6. The number of nitrogens with two attached hydrogens (primary N) is 1. The number of nitrogens with zero attached hydrogens (tertiary/aromatic N) is 3. The number of hydrogen-bond donors (Lipinski definition) is 1. The molecule has 0 unspecified atom stereocenters. The van der Waals surface area contributed by atoms with Gasteiger partial charge in [-0.3, -0.25) is 4.68 Å². The van der Waals surface area contributed by atoms with E-state index in [2.05, 4.69) is 10.1 Å². The van der Waals surface area contributed by atoms with Gasteiger partial charge in [-0.1, -0.05) is 0 Å². The Morgan fingerprint density at radius 3 is 2.58 bits per heavy atom. The van der Waals surface area contributed by atoms with E-state index in [1.165, 1.54) is 0 Å². The van der Waals surface area contributed by atoms with Crippen LogP contribution in [0, 0.1) is 11.8 Å². The summed E-state index contributed by atoms with van der Waals surface area (Å²) in [4.78, 5) is 3.58. The average molecular weight is 359 g/mol. The molecule has 0 bridgehead atoms. The van der Waals surface area contributed by atoms with Crippen molar-refractivity contribution in [3.8, 4) is 11.4 Å². The van der Waals surface area contributed by atoms with Gasteiger partial charge >= 0.3 is 0 Å². The first kappa shape index (κ1) is 18.6. The highest BCUT2D eigenvalue weighted by Crippen LogP contribution is 2.33. The minimum absolute atomic E-state index is 0. The fourth-order valence-corrected chi connectivity index (χ4v) is 3.07. The molecule has 3 rings (SSSR count). The summed E-state index contributed by atoms with van der Waals surface area (Å²) in [5.74, 6) is -1.39. The maximum absolute atomic E-state index is 13.9. The summed E-state index contributed by atoms with van der Waals surface area (Å²) < 4.78 is 34.5. The Hall–Kier alpha value is -1.73. The lowest BCUT2D eigenvalue weighted by molar-refractivity contribution is 0.0260. The molecule has 2 heterocycles. The lowest BCUT2D eigenvalue weighted by Gasteiger charge is -2.28. The van der Waals surface area contributed by atoms with Crippen LogP contribution in [-0.4, -0.2) is 27.5 Å². The maximum atomic E-state index is 13.9. The number of aromatic nitrogens is 3. The molecule has 0 spiro atoms. The van der Waals surface area contributed by atoms with E-state index in [1.54, 1.807) is 10.9 Å². The molecule has 132 valence electrons. The molecular formula is C16H21ClF2N4O. The van der Waals surface area contributed by atoms with Crippen LogP contribution in [0.25, 0.3) is 11.4 Å². The zero-order valence-electron chi connectivity index (χ0n) is 13.4. The quantitative estimate of drug-likeness (QED) is 0.845. The predicted octanol–water partition coefficient (Wildman–Crippen LogP) is 3.75. The highest BCUT2D eigenvalue weighted by Gasteiger charge is 2.25. The second-order valence-corrected chi connectivity index (χ2v) is 5.76. The van der Waals surface area contributed by atoms with Gasteiger partial charge in [0, 0.05) is 12.8 Å². The summed E-state index contributed by atoms with van der Waals surface area (Å²) in [6.07, 6.45) is 5.73. The third-order valence-electron chi connectivity index (χ3n) is 4.22. The molecule has 0 atom stereocenters. The van der Waals surface area contributed by atoms with E-state index in [-0.39, 0.29) is 29.8 Å². The van der Waals surface area contributed by atoms with Crippen molar-refractivity contribution in [3.63, 3.8) is 0 Å². The molecule has 1 aliphatic carbocycles. The van der Waals surface area contributed by atoms with E-state index < -0.39 is 11.8 Å². The Morgan fingerprint density at radius 1 is 1.21 bits per heavy atom. The standard InChI is InChI=1S/C16H20F2N4O.ClH/c1-2-23-11-5-3-10(4-6-11)22-9-13(19)16(21-22)15-12(17)7-8-14(18)20-15;/h7-11H,2-6,19H2,1H3;1H/t10-,11-;. The second-order valence-electron chi connectivity index (χ2n) is 5.76. The van der Waals surface area contributed by atoms with Crippen LogP contribution in [0.3, 0.4) is 0 Å². The Bertz CT molecular complexity index is 687. The van der Waals surface area contributed by atoms with Crippen LogP contribution in [0.5, 0.6) is 0 Å². The molecule has 0 aliphatic heterocycles. The summed E-state index contributed by atoms with van der Waals surface area (Å²) in [5.41, 5.74) is 6.28. The molecule has 2 N–H and O–H groups in total. The summed E-state index contributed by atoms with van der Waals surface area (Å²) in [6, 6.07) is 2.20. The van der Waals surface area contributed by atoms with Gasteiger partial charge in [0.25, 0.3) is 0 Å². The van der Waals surface area contributed by atoms with Crippen molar-refractivity contribution < 1.29 is 13.5 Å². The van der Waals surface area contributed by atoms with Crippen LogP contribution in [-0.2, 0) is 4.74 Å². The van der Waals surface area contributed by atoms with E-state index in [0.29, 0.717) is 11.8 Å². The number of ether oxygens (including phenoxy) is 1. The highest BCUT2D eigenvalue weighted by molar-refractivity contribution is 5.85. The summed E-state index contributed by atoms with van der Waals surface area (Å²) >= 11 is 0. The third-order valence-corrected chi connectivity index (χ3v) is 4.22. The zero-order valence-corrected chi connectivity index (χ0v) is 14.2. The molecule has 1 fully saturated rings. The van der Waals surface area contributed by atoms with Gasteiger partial charge in [0.05, 0.1) is 17.8 Å². The van der Waals surface area contributed by atoms with Crippen LogP contribution in [0.15, 0.2) is 18.3 Å². The highest BCUT2D eigenvalue weighted by atomic mass is 35.5. The number of hydrogen-bond acceptors (Lipinski definition) is 4. The number of pyridine rings is 1. The average Bonchev–Trinajstić information content (AvgIpc) is 2.92. The van der Waals surface area contributed by atoms with Gasteiger partial charge in [0.15, 0.2) is 5.82 Å². The van der Waals surface area contributed by atoms with Crippen LogP contribution in [0.4, 0.5) is 14.5 Å². The molecule has 5 nitrogen and oxygen atoms in total. The lowest BCUT2D eigenvalue weighted by Crippen LogP contribution is -2.24. The summed E-state index contributed by atoms with van der Waals surface area (Å²) in [7, 11) is 0. The van der Waals surface area contributed by atoms with Gasteiger partial charge in [-0.2, -0.15) is 9.49 Å². The largest absolute Gasteiger partial charge is 0.396 e. The molecule has 0 amide bonds. The number of nitrogen functional groups attached to an aromatic ring is 1. The first-order valence-electron chi connectivity index (χ1n) is 7.87. The minimum atomic E-state index is -0.757. The van der Waals surface area contributed by atoms with Crippen molar-refractivity contribution in [1.29, 1.82) is 0 Å². The number of rotatable bonds is 4. The second kappa shape index (κ2) is 7.90. The van der Waals surface area contributed by atoms with Crippen molar-refractivity contribution in [2.45, 2.75) is 44.8 Å². The van der Waals surface area contributed by atoms with E-state index in [9.17, 15) is 8.78 Å². The van der Waals surface area contributed by atoms with Crippen molar-refractivity contribution >= 4 is 18.1 Å². The zero-order chi connectivity index (χ0) is 16.4. The maximum Gasteiger partial charge on any atom is 0.213 e. The molecule has 24 heavy (non-hydrogen) atoms. The van der Waals surface area contributed by atoms with Gasteiger partial charge in [-0.05, 0) is 44.7 Å². The molecule has 1 aliphatic rings. The molecule has 2 aromatic rings. The van der Waals surface area contributed by atoms with Gasteiger partial charge in [-0.25, -0.2) is 9.37 Å². The Labute approximate surface area is 145 Å². The van der Waals surface area contributed by atoms with Gasteiger partial charge in [0.2, 0.25) is 5.95 Å². The molecule has 2 aromatic heterocycles. The smallest absolute Gasteiger partial charge is 0.213 e. The van der Waals surface area contributed by atoms with Gasteiger partial charge < -0.3 is 10.5 Å². The summed E-state index contributed by atoms with van der Waals surface area (Å²) in [5, 5.41) is 4.36. The van der Waals surface area contributed by atoms with E-state index in [0.717, 1.165) is 44.4 Å². The van der Waals surface area contributed by atoms with E-state index >= 15 is 0 Å². The van der Waals surface area contributed by atoms with Gasteiger partial charge in [0.1, 0.15) is 11.4 Å². The van der Waals surface area contributed by atoms with E-state index in [1.807, 2.05) is 6.92 Å².